The summed E-state index contributed by atoms with van der Waals surface area (Å²) in [6, 6.07) is 7.43. The average Bonchev–Trinajstić information content (AvgIpc) is 3.32. The summed E-state index contributed by atoms with van der Waals surface area (Å²) in [5.74, 6) is 0.864. The molecule has 0 spiro atoms. The van der Waals surface area contributed by atoms with Gasteiger partial charge in [-0.1, -0.05) is 23.4 Å². The van der Waals surface area contributed by atoms with Crippen molar-refractivity contribution in [3.05, 3.63) is 51.7 Å². The van der Waals surface area contributed by atoms with Crippen molar-refractivity contribution in [2.24, 2.45) is 0 Å². The van der Waals surface area contributed by atoms with E-state index < -0.39 is 10.2 Å². The summed E-state index contributed by atoms with van der Waals surface area (Å²) in [5.41, 5.74) is 0.157. The topological polar surface area (TPSA) is 116 Å². The molecule has 0 fully saturated rings. The van der Waals surface area contributed by atoms with Gasteiger partial charge in [0, 0.05) is 18.7 Å². The zero-order valence-electron chi connectivity index (χ0n) is 15.0. The summed E-state index contributed by atoms with van der Waals surface area (Å²) in [6.07, 6.45) is 1.56. The molecule has 1 N–H and O–H groups in total. The molecule has 9 nitrogen and oxygen atoms in total. The number of thioether (sulfide) groups is 1. The minimum Gasteiger partial charge on any atom is -0.461 e. The highest BCUT2D eigenvalue weighted by atomic mass is 35.5. The lowest BCUT2D eigenvalue weighted by molar-refractivity contribution is -0.384. The SMILES string of the molecule is CCn1c(SC(C)C(=O)Nc2ccc([N+](=O)[O-])cc2Cl)nnc1-c1ccco1. The third-order valence-electron chi connectivity index (χ3n) is 3.85. The van der Waals surface area contributed by atoms with Gasteiger partial charge in [0.2, 0.25) is 5.91 Å². The Morgan fingerprint density at radius 1 is 1.43 bits per heavy atom. The number of rotatable bonds is 7. The van der Waals surface area contributed by atoms with Gasteiger partial charge in [-0.05, 0) is 32.0 Å². The van der Waals surface area contributed by atoms with Gasteiger partial charge in [-0.3, -0.25) is 19.5 Å². The van der Waals surface area contributed by atoms with Gasteiger partial charge in [-0.2, -0.15) is 0 Å². The molecule has 3 rings (SSSR count). The second-order valence-corrected chi connectivity index (χ2v) is 7.41. The molecular weight excluding hydrogens is 406 g/mol. The normalized spacial score (nSPS) is 12.0. The van der Waals surface area contributed by atoms with E-state index in [1.165, 1.54) is 30.0 Å². The van der Waals surface area contributed by atoms with Crippen LogP contribution in [0.4, 0.5) is 11.4 Å². The smallest absolute Gasteiger partial charge is 0.271 e. The van der Waals surface area contributed by atoms with E-state index in [2.05, 4.69) is 15.5 Å². The maximum absolute atomic E-state index is 12.5. The van der Waals surface area contributed by atoms with Gasteiger partial charge >= 0.3 is 0 Å². The number of amides is 1. The Morgan fingerprint density at radius 3 is 2.82 bits per heavy atom. The number of hydrogen-bond acceptors (Lipinski definition) is 7. The van der Waals surface area contributed by atoms with Crippen LogP contribution >= 0.6 is 23.4 Å². The number of anilines is 1. The Kier molecular flexibility index (Phi) is 6.00. The fourth-order valence-corrected chi connectivity index (χ4v) is 3.55. The summed E-state index contributed by atoms with van der Waals surface area (Å²) >= 11 is 7.27. The standard InChI is InChI=1S/C17H16ClN5O4S/c1-3-22-15(14-5-4-8-27-14)20-21-17(22)28-10(2)16(24)19-13-7-6-11(23(25)26)9-12(13)18/h4-10H,3H2,1-2H3,(H,19,24). The van der Waals surface area contributed by atoms with Crippen molar-refractivity contribution >= 4 is 40.6 Å². The Labute approximate surface area is 169 Å². The zero-order chi connectivity index (χ0) is 20.3. The first-order chi connectivity index (χ1) is 13.4. The summed E-state index contributed by atoms with van der Waals surface area (Å²) in [7, 11) is 0. The minimum absolute atomic E-state index is 0.0941. The molecule has 0 radical (unpaired) electrons. The van der Waals surface area contributed by atoms with Gasteiger partial charge < -0.3 is 9.73 Å². The first-order valence-electron chi connectivity index (χ1n) is 8.29. The van der Waals surface area contributed by atoms with Gasteiger partial charge in [-0.25, -0.2) is 0 Å². The largest absolute Gasteiger partial charge is 0.461 e. The third kappa shape index (κ3) is 4.18. The van der Waals surface area contributed by atoms with Crippen LogP contribution < -0.4 is 5.32 Å². The van der Waals surface area contributed by atoms with Crippen LogP contribution in [0.15, 0.2) is 46.2 Å². The third-order valence-corrected chi connectivity index (χ3v) is 5.24. The second kappa shape index (κ2) is 8.44. The van der Waals surface area contributed by atoms with E-state index in [-0.39, 0.29) is 16.6 Å². The fourth-order valence-electron chi connectivity index (χ4n) is 2.41. The van der Waals surface area contributed by atoms with Crippen LogP contribution in [0, 0.1) is 10.1 Å². The van der Waals surface area contributed by atoms with E-state index in [1.807, 2.05) is 11.5 Å². The molecular formula is C17H16ClN5O4S. The number of benzene rings is 1. The summed E-state index contributed by atoms with van der Waals surface area (Å²) < 4.78 is 7.23. The molecule has 0 aliphatic heterocycles. The van der Waals surface area contributed by atoms with E-state index in [0.717, 1.165) is 0 Å². The van der Waals surface area contributed by atoms with Crippen LogP contribution in [0.5, 0.6) is 0 Å². The maximum Gasteiger partial charge on any atom is 0.271 e. The maximum atomic E-state index is 12.5. The molecule has 1 atom stereocenters. The summed E-state index contributed by atoms with van der Waals surface area (Å²) in [4.78, 5) is 22.8. The minimum atomic E-state index is -0.551. The van der Waals surface area contributed by atoms with E-state index in [1.54, 1.807) is 25.3 Å². The number of carbonyl (C=O) groups excluding carboxylic acids is 1. The highest BCUT2D eigenvalue weighted by molar-refractivity contribution is 8.00. The lowest BCUT2D eigenvalue weighted by atomic mass is 10.2. The molecule has 0 bridgehead atoms. The molecule has 28 heavy (non-hydrogen) atoms. The van der Waals surface area contributed by atoms with Gasteiger partial charge in [0.25, 0.3) is 5.69 Å². The van der Waals surface area contributed by atoms with Crippen LogP contribution in [0.2, 0.25) is 5.02 Å². The molecule has 146 valence electrons. The van der Waals surface area contributed by atoms with Gasteiger partial charge in [0.15, 0.2) is 16.7 Å². The van der Waals surface area contributed by atoms with E-state index in [4.69, 9.17) is 16.0 Å². The predicted octanol–water partition coefficient (Wildman–Crippen LogP) is 4.24. The Hall–Kier alpha value is -2.85. The monoisotopic (exact) mass is 421 g/mol. The Morgan fingerprint density at radius 2 is 2.21 bits per heavy atom. The molecule has 1 unspecified atom stereocenters. The highest BCUT2D eigenvalue weighted by Crippen LogP contribution is 2.30. The predicted molar refractivity (Wildman–Crippen MR) is 105 cm³/mol. The van der Waals surface area contributed by atoms with Gasteiger partial charge in [0.05, 0.1) is 27.1 Å². The van der Waals surface area contributed by atoms with E-state index >= 15 is 0 Å². The second-order valence-electron chi connectivity index (χ2n) is 5.70. The van der Waals surface area contributed by atoms with Crippen molar-refractivity contribution in [2.75, 3.05) is 5.32 Å². The first-order valence-corrected chi connectivity index (χ1v) is 9.55. The molecule has 0 aliphatic carbocycles. The number of aromatic nitrogens is 3. The number of non-ortho nitro benzene ring substituents is 1. The number of halogens is 1. The lowest BCUT2D eigenvalue weighted by Crippen LogP contribution is -2.23. The molecule has 0 saturated heterocycles. The van der Waals surface area contributed by atoms with Crippen molar-refractivity contribution in [3.8, 4) is 11.6 Å². The molecule has 0 saturated carbocycles. The van der Waals surface area contributed by atoms with Crippen LogP contribution in [0.3, 0.4) is 0 Å². The molecule has 1 amide bonds. The van der Waals surface area contributed by atoms with Crippen LogP contribution in [-0.2, 0) is 11.3 Å². The molecule has 3 aromatic rings. The lowest BCUT2D eigenvalue weighted by Gasteiger charge is -2.13. The van der Waals surface area contributed by atoms with Crippen molar-refractivity contribution in [3.63, 3.8) is 0 Å². The molecule has 0 aliphatic rings. The molecule has 11 heteroatoms. The summed E-state index contributed by atoms with van der Waals surface area (Å²) in [6.45, 7) is 4.27. The van der Waals surface area contributed by atoms with E-state index in [0.29, 0.717) is 29.0 Å². The zero-order valence-corrected chi connectivity index (χ0v) is 16.5. The molecule has 1 aromatic carbocycles. The first kappa shape index (κ1) is 19.9. The highest BCUT2D eigenvalue weighted by Gasteiger charge is 2.22. The number of nitrogens with zero attached hydrogens (tertiary/aromatic N) is 4. The summed E-state index contributed by atoms with van der Waals surface area (Å²) in [5, 5.41) is 21.9. The molecule has 2 aromatic heterocycles. The quantitative estimate of drug-likeness (QED) is 0.344. The average molecular weight is 422 g/mol. The number of nitro benzene ring substituents is 1. The van der Waals surface area contributed by atoms with Crippen molar-refractivity contribution in [2.45, 2.75) is 30.8 Å². The van der Waals surface area contributed by atoms with Gasteiger partial charge in [-0.15, -0.1) is 10.2 Å². The van der Waals surface area contributed by atoms with Crippen LogP contribution in [-0.4, -0.2) is 30.8 Å². The Bertz CT molecular complexity index is 1010. The van der Waals surface area contributed by atoms with Crippen molar-refractivity contribution in [1.82, 2.24) is 14.8 Å². The van der Waals surface area contributed by atoms with Gasteiger partial charge in [0.1, 0.15) is 0 Å². The number of hydrogen-bond donors (Lipinski definition) is 1. The number of nitrogens with one attached hydrogen (secondary N) is 1. The number of furan rings is 1. The number of carbonyl (C=O) groups is 1. The van der Waals surface area contributed by atoms with Crippen molar-refractivity contribution in [1.29, 1.82) is 0 Å². The number of nitro groups is 1. The fraction of sp³-hybridized carbons (Fsp3) is 0.235. The van der Waals surface area contributed by atoms with Crippen LogP contribution in [0.25, 0.3) is 11.6 Å². The van der Waals surface area contributed by atoms with E-state index in [9.17, 15) is 14.9 Å². The van der Waals surface area contributed by atoms with Crippen LogP contribution in [0.1, 0.15) is 13.8 Å². The molecule has 2 heterocycles. The van der Waals surface area contributed by atoms with Crippen molar-refractivity contribution < 1.29 is 14.1 Å². The Balaban J connectivity index is 1.72.